The molecule has 0 saturated heterocycles. The number of hydrogen-bond acceptors (Lipinski definition) is 2. The molecule has 3 aromatic rings. The van der Waals surface area contributed by atoms with Crippen molar-refractivity contribution in [1.82, 2.24) is 15.6 Å². The van der Waals surface area contributed by atoms with Crippen molar-refractivity contribution in [2.24, 2.45) is 0 Å². The predicted octanol–water partition coefficient (Wildman–Crippen LogP) is 3.55. The van der Waals surface area contributed by atoms with Crippen LogP contribution in [0.5, 0.6) is 0 Å². The monoisotopic (exact) mass is 351 g/mol. The van der Waals surface area contributed by atoms with Gasteiger partial charge in [0.05, 0.1) is 6.61 Å². The van der Waals surface area contributed by atoms with Gasteiger partial charge in [-0.1, -0.05) is 48.0 Å². The zero-order chi connectivity index (χ0) is 18.4. The Balaban J connectivity index is 1.83. The summed E-state index contributed by atoms with van der Waals surface area (Å²) in [5, 5.41) is 6.97. The summed E-state index contributed by atoms with van der Waals surface area (Å²) in [6.45, 7) is 3.58. The normalized spacial score (nSPS) is 12.1. The highest BCUT2D eigenvalue weighted by Crippen LogP contribution is 2.30. The van der Waals surface area contributed by atoms with Crippen LogP contribution in [0.4, 0.5) is 4.79 Å². The van der Waals surface area contributed by atoms with Crippen molar-refractivity contribution in [2.75, 3.05) is 26.8 Å². The highest BCUT2D eigenvalue weighted by Gasteiger charge is 2.19. The minimum absolute atomic E-state index is 0.0694. The largest absolute Gasteiger partial charge is 0.383 e. The molecule has 5 nitrogen and oxygen atoms in total. The van der Waals surface area contributed by atoms with Gasteiger partial charge in [0.1, 0.15) is 0 Å². The Labute approximate surface area is 153 Å². The molecule has 26 heavy (non-hydrogen) atoms. The molecule has 3 N–H and O–H groups in total. The van der Waals surface area contributed by atoms with Gasteiger partial charge in [0.2, 0.25) is 0 Å². The molecule has 3 rings (SSSR count). The molecule has 0 aliphatic rings. The number of amides is 2. The van der Waals surface area contributed by atoms with Crippen LogP contribution in [0.25, 0.3) is 10.9 Å². The third-order valence-electron chi connectivity index (χ3n) is 4.53. The van der Waals surface area contributed by atoms with E-state index in [1.54, 1.807) is 7.11 Å². The molecule has 0 saturated carbocycles. The van der Waals surface area contributed by atoms with E-state index in [-0.39, 0.29) is 11.9 Å². The molecule has 0 fully saturated rings. The molecular weight excluding hydrogens is 326 g/mol. The molecule has 0 spiro atoms. The minimum atomic E-state index is -0.181. The maximum Gasteiger partial charge on any atom is 0.314 e. The van der Waals surface area contributed by atoms with E-state index in [1.807, 2.05) is 18.3 Å². The van der Waals surface area contributed by atoms with Gasteiger partial charge in [-0.15, -0.1) is 0 Å². The van der Waals surface area contributed by atoms with Gasteiger partial charge in [0.25, 0.3) is 0 Å². The number of ether oxygens (including phenoxy) is 1. The lowest BCUT2D eigenvalue weighted by atomic mass is 9.90. The van der Waals surface area contributed by atoms with Gasteiger partial charge < -0.3 is 20.4 Å². The zero-order valence-corrected chi connectivity index (χ0v) is 15.2. The number of carbonyl (C=O) groups is 1. The van der Waals surface area contributed by atoms with Crippen LogP contribution in [0.1, 0.15) is 22.6 Å². The van der Waals surface area contributed by atoms with Crippen molar-refractivity contribution in [1.29, 1.82) is 0 Å². The number of fused-ring (bicyclic) bond motifs is 1. The molecule has 0 aliphatic carbocycles. The molecule has 5 heteroatoms. The summed E-state index contributed by atoms with van der Waals surface area (Å²) in [7, 11) is 1.62. The third kappa shape index (κ3) is 4.24. The number of benzene rings is 2. The van der Waals surface area contributed by atoms with Crippen molar-refractivity contribution in [3.8, 4) is 0 Å². The van der Waals surface area contributed by atoms with E-state index in [2.05, 4.69) is 58.9 Å². The van der Waals surface area contributed by atoms with Crippen LogP contribution in [0.2, 0.25) is 0 Å². The Morgan fingerprint density at radius 3 is 2.65 bits per heavy atom. The number of rotatable bonds is 7. The van der Waals surface area contributed by atoms with Gasteiger partial charge in [-0.05, 0) is 24.1 Å². The van der Waals surface area contributed by atoms with Crippen LogP contribution in [0, 0.1) is 6.92 Å². The number of hydrogen-bond donors (Lipinski definition) is 3. The van der Waals surface area contributed by atoms with E-state index >= 15 is 0 Å². The fourth-order valence-electron chi connectivity index (χ4n) is 3.11. The van der Waals surface area contributed by atoms with E-state index in [9.17, 15) is 4.79 Å². The number of nitrogens with one attached hydrogen (secondary N) is 3. The first kappa shape index (κ1) is 18.0. The first-order valence-corrected chi connectivity index (χ1v) is 8.82. The van der Waals surface area contributed by atoms with Crippen LogP contribution in [-0.2, 0) is 4.74 Å². The summed E-state index contributed by atoms with van der Waals surface area (Å²) in [6.07, 6.45) is 2.04. The highest BCUT2D eigenvalue weighted by molar-refractivity contribution is 5.84. The number of H-pyrrole nitrogens is 1. The average molecular weight is 351 g/mol. The molecule has 2 aromatic carbocycles. The summed E-state index contributed by atoms with van der Waals surface area (Å²) in [5.74, 6) is 0.0694. The Hall–Kier alpha value is -2.79. The molecule has 1 aromatic heterocycles. The van der Waals surface area contributed by atoms with Gasteiger partial charge in [-0.25, -0.2) is 4.79 Å². The fraction of sp³-hybridized carbons (Fsp3) is 0.286. The van der Waals surface area contributed by atoms with Crippen molar-refractivity contribution < 1.29 is 9.53 Å². The van der Waals surface area contributed by atoms with Crippen molar-refractivity contribution in [3.05, 3.63) is 71.4 Å². The molecule has 0 aliphatic heterocycles. The maximum atomic E-state index is 12.1. The van der Waals surface area contributed by atoms with E-state index in [0.717, 1.165) is 5.52 Å². The Bertz CT molecular complexity index is 855. The van der Waals surface area contributed by atoms with Gasteiger partial charge in [-0.2, -0.15) is 0 Å². The van der Waals surface area contributed by atoms with Crippen LogP contribution >= 0.6 is 0 Å². The number of para-hydroxylation sites is 1. The van der Waals surface area contributed by atoms with Gasteiger partial charge in [0, 0.05) is 43.2 Å². The summed E-state index contributed by atoms with van der Waals surface area (Å²) in [4.78, 5) is 15.4. The molecule has 136 valence electrons. The Kier molecular flexibility index (Phi) is 5.92. The van der Waals surface area contributed by atoms with Crippen molar-refractivity contribution in [2.45, 2.75) is 12.8 Å². The van der Waals surface area contributed by atoms with Crippen molar-refractivity contribution >= 4 is 16.9 Å². The number of aromatic nitrogens is 1. The maximum absolute atomic E-state index is 12.1. The Morgan fingerprint density at radius 1 is 1.12 bits per heavy atom. The number of carbonyl (C=O) groups excluding carboxylic acids is 1. The molecular formula is C21H25N3O2. The molecule has 1 unspecified atom stereocenters. The quantitative estimate of drug-likeness (QED) is 0.570. The molecule has 1 heterocycles. The van der Waals surface area contributed by atoms with E-state index in [1.165, 1.54) is 22.1 Å². The number of methoxy groups -OCH3 is 1. The molecule has 1 atom stereocenters. The van der Waals surface area contributed by atoms with Crippen LogP contribution in [-0.4, -0.2) is 37.8 Å². The third-order valence-corrected chi connectivity index (χ3v) is 4.53. The second-order valence-corrected chi connectivity index (χ2v) is 6.38. The van der Waals surface area contributed by atoms with Gasteiger partial charge in [-0.3, -0.25) is 0 Å². The predicted molar refractivity (Wildman–Crippen MR) is 105 cm³/mol. The lowest BCUT2D eigenvalue weighted by Crippen LogP contribution is -2.39. The van der Waals surface area contributed by atoms with E-state index in [0.29, 0.717) is 19.7 Å². The second kappa shape index (κ2) is 8.54. The molecule has 0 bridgehead atoms. The number of aromatic amines is 1. The van der Waals surface area contributed by atoms with Crippen LogP contribution in [0.15, 0.2) is 54.7 Å². The summed E-state index contributed by atoms with van der Waals surface area (Å²) in [6, 6.07) is 16.5. The van der Waals surface area contributed by atoms with Crippen LogP contribution < -0.4 is 10.6 Å². The number of aryl methyl sites for hydroxylation is 1. The standard InChI is InChI=1S/C21H25N3O2/c1-15-7-9-16(10-8-15)18(13-24-21(25)22-11-12-26-2)19-14-23-20-6-4-3-5-17(19)20/h3-10,14,18,23H,11-13H2,1-2H3,(H2,22,24,25). The van der Waals surface area contributed by atoms with Gasteiger partial charge >= 0.3 is 6.03 Å². The zero-order valence-electron chi connectivity index (χ0n) is 15.2. The summed E-state index contributed by atoms with van der Waals surface area (Å²) >= 11 is 0. The lowest BCUT2D eigenvalue weighted by molar-refractivity contribution is 0.196. The minimum Gasteiger partial charge on any atom is -0.383 e. The SMILES string of the molecule is COCCNC(=O)NCC(c1ccc(C)cc1)c1c[nH]c2ccccc12. The smallest absolute Gasteiger partial charge is 0.314 e. The van der Waals surface area contributed by atoms with E-state index in [4.69, 9.17) is 4.74 Å². The van der Waals surface area contributed by atoms with Crippen molar-refractivity contribution in [3.63, 3.8) is 0 Å². The summed E-state index contributed by atoms with van der Waals surface area (Å²) < 4.78 is 4.96. The van der Waals surface area contributed by atoms with Gasteiger partial charge in [0.15, 0.2) is 0 Å². The second-order valence-electron chi connectivity index (χ2n) is 6.38. The molecule has 2 amide bonds. The van der Waals surface area contributed by atoms with Crippen LogP contribution in [0.3, 0.4) is 0 Å². The molecule has 0 radical (unpaired) electrons. The first-order chi connectivity index (χ1) is 12.7. The fourth-order valence-corrected chi connectivity index (χ4v) is 3.11. The highest BCUT2D eigenvalue weighted by atomic mass is 16.5. The lowest BCUT2D eigenvalue weighted by Gasteiger charge is -2.19. The summed E-state index contributed by atoms with van der Waals surface area (Å²) in [5.41, 5.74) is 4.68. The topological polar surface area (TPSA) is 66.2 Å². The van der Waals surface area contributed by atoms with E-state index < -0.39 is 0 Å². The first-order valence-electron chi connectivity index (χ1n) is 8.82. The average Bonchev–Trinajstić information content (AvgIpc) is 3.08. The number of urea groups is 1. The Morgan fingerprint density at radius 2 is 1.88 bits per heavy atom.